The minimum atomic E-state index is -0.482. The van der Waals surface area contributed by atoms with Crippen molar-refractivity contribution < 1.29 is 23.8 Å². The number of carbonyl (C=O) groups is 2. The Balaban J connectivity index is 1.30. The molecule has 0 saturated carbocycles. The number of carbonyl (C=O) groups excluding carboxylic acids is 2. The molecule has 0 bridgehead atoms. The SMILES string of the molecule is O=C(COc1ccccc1-c1ccccc1)NNC(=O)c1ccccc1OC[C@@H]1CCCO1. The van der Waals surface area contributed by atoms with Gasteiger partial charge in [-0.1, -0.05) is 60.7 Å². The first-order chi connectivity index (χ1) is 16.2. The largest absolute Gasteiger partial charge is 0.490 e. The zero-order chi connectivity index (χ0) is 22.9. The van der Waals surface area contributed by atoms with Crippen LogP contribution in [0.5, 0.6) is 11.5 Å². The summed E-state index contributed by atoms with van der Waals surface area (Å²) in [5.41, 5.74) is 7.01. The molecule has 7 heteroatoms. The van der Waals surface area contributed by atoms with Crippen LogP contribution in [0.4, 0.5) is 0 Å². The maximum atomic E-state index is 12.6. The van der Waals surface area contributed by atoms with Crippen molar-refractivity contribution in [2.75, 3.05) is 19.8 Å². The smallest absolute Gasteiger partial charge is 0.276 e. The van der Waals surface area contributed by atoms with E-state index in [1.165, 1.54) is 0 Å². The van der Waals surface area contributed by atoms with Crippen molar-refractivity contribution in [3.8, 4) is 22.6 Å². The number of rotatable bonds is 8. The molecule has 0 aromatic heterocycles. The molecule has 2 N–H and O–H groups in total. The maximum absolute atomic E-state index is 12.6. The van der Waals surface area contributed by atoms with Gasteiger partial charge in [-0.15, -0.1) is 0 Å². The molecule has 0 spiro atoms. The van der Waals surface area contributed by atoms with Crippen molar-refractivity contribution >= 4 is 11.8 Å². The van der Waals surface area contributed by atoms with E-state index in [0.29, 0.717) is 23.7 Å². The number of ether oxygens (including phenoxy) is 3. The average molecular weight is 447 g/mol. The van der Waals surface area contributed by atoms with Crippen molar-refractivity contribution in [3.05, 3.63) is 84.4 Å². The standard InChI is InChI=1S/C26H26N2O5/c29-25(18-33-23-14-6-4-12-21(23)19-9-2-1-3-10-19)27-28-26(30)22-13-5-7-15-24(22)32-17-20-11-8-16-31-20/h1-7,9-10,12-15,20H,8,11,16-18H2,(H,27,29)(H,28,30)/t20-/m0/s1. The Bertz CT molecular complexity index is 1080. The molecule has 3 aromatic rings. The number of nitrogens with one attached hydrogen (secondary N) is 2. The average Bonchev–Trinajstić information content (AvgIpc) is 3.39. The van der Waals surface area contributed by atoms with Crippen molar-refractivity contribution in [1.29, 1.82) is 0 Å². The van der Waals surface area contributed by atoms with E-state index in [1.54, 1.807) is 30.3 Å². The third-order valence-corrected chi connectivity index (χ3v) is 5.23. The summed E-state index contributed by atoms with van der Waals surface area (Å²) in [6, 6.07) is 24.1. The van der Waals surface area contributed by atoms with Crippen LogP contribution in [0.15, 0.2) is 78.9 Å². The van der Waals surface area contributed by atoms with Crippen LogP contribution >= 0.6 is 0 Å². The van der Waals surface area contributed by atoms with E-state index < -0.39 is 11.8 Å². The molecule has 170 valence electrons. The monoisotopic (exact) mass is 446 g/mol. The highest BCUT2D eigenvalue weighted by molar-refractivity contribution is 5.97. The van der Waals surface area contributed by atoms with E-state index in [1.807, 2.05) is 48.5 Å². The summed E-state index contributed by atoms with van der Waals surface area (Å²) in [7, 11) is 0. The second-order valence-corrected chi connectivity index (χ2v) is 7.60. The molecule has 4 rings (SSSR count). The second-order valence-electron chi connectivity index (χ2n) is 7.60. The summed E-state index contributed by atoms with van der Waals surface area (Å²) in [6.45, 7) is 0.868. The lowest BCUT2D eigenvalue weighted by Crippen LogP contribution is -2.44. The Morgan fingerprint density at radius 3 is 2.36 bits per heavy atom. The number of benzene rings is 3. The van der Waals surface area contributed by atoms with Gasteiger partial charge in [0.15, 0.2) is 6.61 Å². The molecule has 1 aliphatic rings. The van der Waals surface area contributed by atoms with Gasteiger partial charge in [-0.2, -0.15) is 0 Å². The molecule has 0 radical (unpaired) electrons. The van der Waals surface area contributed by atoms with Crippen molar-refractivity contribution in [2.45, 2.75) is 18.9 Å². The van der Waals surface area contributed by atoms with Gasteiger partial charge in [-0.25, -0.2) is 0 Å². The Hall–Kier alpha value is -3.84. The van der Waals surface area contributed by atoms with Gasteiger partial charge in [0, 0.05) is 12.2 Å². The van der Waals surface area contributed by atoms with Crippen LogP contribution in [0, 0.1) is 0 Å². The van der Waals surface area contributed by atoms with Crippen LogP contribution in [0.3, 0.4) is 0 Å². The topological polar surface area (TPSA) is 85.9 Å². The number of para-hydroxylation sites is 2. The lowest BCUT2D eigenvalue weighted by atomic mass is 10.1. The molecule has 33 heavy (non-hydrogen) atoms. The van der Waals surface area contributed by atoms with E-state index >= 15 is 0 Å². The molecule has 3 aromatic carbocycles. The summed E-state index contributed by atoms with van der Waals surface area (Å²) < 4.78 is 17.1. The molecule has 1 heterocycles. The normalized spacial score (nSPS) is 15.0. The minimum absolute atomic E-state index is 0.0386. The molecule has 0 aliphatic carbocycles. The van der Waals surface area contributed by atoms with Crippen molar-refractivity contribution in [1.82, 2.24) is 10.9 Å². The maximum Gasteiger partial charge on any atom is 0.276 e. The highest BCUT2D eigenvalue weighted by atomic mass is 16.5. The Morgan fingerprint density at radius 2 is 1.58 bits per heavy atom. The van der Waals surface area contributed by atoms with Gasteiger partial charge in [-0.05, 0) is 36.6 Å². The van der Waals surface area contributed by atoms with Crippen LogP contribution in [0.25, 0.3) is 11.1 Å². The Kier molecular flexibility index (Phi) is 7.56. The fourth-order valence-corrected chi connectivity index (χ4v) is 3.56. The molecule has 1 fully saturated rings. The number of hydrazine groups is 1. The van der Waals surface area contributed by atoms with Gasteiger partial charge in [0.1, 0.15) is 18.1 Å². The van der Waals surface area contributed by atoms with E-state index in [2.05, 4.69) is 10.9 Å². The van der Waals surface area contributed by atoms with Gasteiger partial charge < -0.3 is 14.2 Å². The third kappa shape index (κ3) is 6.11. The predicted molar refractivity (Wildman–Crippen MR) is 124 cm³/mol. The lowest BCUT2D eigenvalue weighted by Gasteiger charge is -2.15. The summed E-state index contributed by atoms with van der Waals surface area (Å²) in [5, 5.41) is 0. The lowest BCUT2D eigenvalue weighted by molar-refractivity contribution is -0.123. The van der Waals surface area contributed by atoms with Gasteiger partial charge in [0.05, 0.1) is 11.7 Å². The molecular weight excluding hydrogens is 420 g/mol. The molecule has 1 saturated heterocycles. The number of hydrogen-bond acceptors (Lipinski definition) is 5. The molecular formula is C26H26N2O5. The summed E-state index contributed by atoms with van der Waals surface area (Å²) >= 11 is 0. The van der Waals surface area contributed by atoms with Gasteiger partial charge >= 0.3 is 0 Å². The van der Waals surface area contributed by atoms with Crippen LogP contribution in [0.2, 0.25) is 0 Å². The first kappa shape index (κ1) is 22.4. The second kappa shape index (κ2) is 11.2. The third-order valence-electron chi connectivity index (χ3n) is 5.23. The van der Waals surface area contributed by atoms with Crippen LogP contribution < -0.4 is 20.3 Å². The predicted octanol–water partition coefficient (Wildman–Crippen LogP) is 3.75. The highest BCUT2D eigenvalue weighted by Crippen LogP contribution is 2.29. The number of hydrogen-bond donors (Lipinski definition) is 2. The quantitative estimate of drug-likeness (QED) is 0.515. The molecule has 1 atom stereocenters. The fourth-order valence-electron chi connectivity index (χ4n) is 3.56. The molecule has 0 unspecified atom stereocenters. The summed E-state index contributed by atoms with van der Waals surface area (Å²) in [6.07, 6.45) is 1.99. The van der Waals surface area contributed by atoms with E-state index in [0.717, 1.165) is 30.6 Å². The molecule has 7 nitrogen and oxygen atoms in total. The summed E-state index contributed by atoms with van der Waals surface area (Å²) in [4.78, 5) is 24.9. The van der Waals surface area contributed by atoms with E-state index in [4.69, 9.17) is 14.2 Å². The van der Waals surface area contributed by atoms with Crippen LogP contribution in [-0.4, -0.2) is 37.7 Å². The number of amides is 2. The van der Waals surface area contributed by atoms with E-state index in [-0.39, 0.29) is 12.7 Å². The molecule has 2 amide bonds. The minimum Gasteiger partial charge on any atom is -0.490 e. The van der Waals surface area contributed by atoms with Crippen LogP contribution in [-0.2, 0) is 9.53 Å². The summed E-state index contributed by atoms with van der Waals surface area (Å²) in [5.74, 6) is 0.0609. The van der Waals surface area contributed by atoms with Gasteiger partial charge in [0.25, 0.3) is 11.8 Å². The first-order valence-corrected chi connectivity index (χ1v) is 10.9. The molecule has 1 aliphatic heterocycles. The Labute approximate surface area is 192 Å². The zero-order valence-corrected chi connectivity index (χ0v) is 18.2. The van der Waals surface area contributed by atoms with Gasteiger partial charge in [0.2, 0.25) is 0 Å². The first-order valence-electron chi connectivity index (χ1n) is 10.9. The zero-order valence-electron chi connectivity index (χ0n) is 18.2. The fraction of sp³-hybridized carbons (Fsp3) is 0.231. The van der Waals surface area contributed by atoms with E-state index in [9.17, 15) is 9.59 Å². The Morgan fingerprint density at radius 1 is 0.848 bits per heavy atom. The van der Waals surface area contributed by atoms with Gasteiger partial charge in [-0.3, -0.25) is 20.4 Å². The van der Waals surface area contributed by atoms with Crippen LogP contribution in [0.1, 0.15) is 23.2 Å². The highest BCUT2D eigenvalue weighted by Gasteiger charge is 2.18. The van der Waals surface area contributed by atoms with Crippen molar-refractivity contribution in [3.63, 3.8) is 0 Å². The van der Waals surface area contributed by atoms with Crippen molar-refractivity contribution in [2.24, 2.45) is 0 Å².